The van der Waals surface area contributed by atoms with Crippen LogP contribution < -0.4 is 5.73 Å². The number of hydrogen-bond acceptors (Lipinski definition) is 2. The van der Waals surface area contributed by atoms with Crippen molar-refractivity contribution >= 4 is 11.6 Å². The highest BCUT2D eigenvalue weighted by Crippen LogP contribution is 2.27. The highest BCUT2D eigenvalue weighted by Gasteiger charge is 2.21. The predicted octanol–water partition coefficient (Wildman–Crippen LogP) is 3.85. The molecule has 1 atom stereocenters. The minimum absolute atomic E-state index is 0.278. The second-order valence-corrected chi connectivity index (χ2v) is 6.19. The summed E-state index contributed by atoms with van der Waals surface area (Å²) >= 11 is 6.08. The van der Waals surface area contributed by atoms with Gasteiger partial charge in [0.2, 0.25) is 0 Å². The van der Waals surface area contributed by atoms with E-state index in [4.69, 9.17) is 17.3 Å². The van der Waals surface area contributed by atoms with Gasteiger partial charge in [-0.2, -0.15) is 0 Å². The van der Waals surface area contributed by atoms with Gasteiger partial charge in [0.25, 0.3) is 0 Å². The first kappa shape index (κ1) is 14.8. The summed E-state index contributed by atoms with van der Waals surface area (Å²) in [5.74, 6) is 0.840. The number of benzene rings is 1. The summed E-state index contributed by atoms with van der Waals surface area (Å²) in [6, 6.07) is 8.37. The van der Waals surface area contributed by atoms with E-state index in [0.29, 0.717) is 6.54 Å². The zero-order valence-corrected chi connectivity index (χ0v) is 12.6. The molecule has 1 fully saturated rings. The molecule has 0 aliphatic heterocycles. The molecule has 0 saturated heterocycles. The Morgan fingerprint density at radius 1 is 1.32 bits per heavy atom. The maximum Gasteiger partial charge on any atom is 0.0468 e. The van der Waals surface area contributed by atoms with Gasteiger partial charge in [0.15, 0.2) is 0 Å². The van der Waals surface area contributed by atoms with Crippen LogP contribution in [0.15, 0.2) is 24.3 Å². The van der Waals surface area contributed by atoms with Gasteiger partial charge < -0.3 is 5.73 Å². The van der Waals surface area contributed by atoms with Gasteiger partial charge in [0, 0.05) is 24.2 Å². The molecular formula is C16H25ClN2. The summed E-state index contributed by atoms with van der Waals surface area (Å²) in [5.41, 5.74) is 7.21. The Labute approximate surface area is 121 Å². The Balaban J connectivity index is 1.99. The molecule has 0 aromatic heterocycles. The maximum atomic E-state index is 6.08. The van der Waals surface area contributed by atoms with Crippen molar-refractivity contribution in [2.24, 2.45) is 11.7 Å². The number of rotatable bonds is 5. The highest BCUT2D eigenvalue weighted by molar-refractivity contribution is 6.30. The lowest BCUT2D eigenvalue weighted by Crippen LogP contribution is -2.34. The number of hydrogen-bond donors (Lipinski definition) is 1. The molecule has 3 heteroatoms. The van der Waals surface area contributed by atoms with Crippen molar-refractivity contribution < 1.29 is 0 Å². The molecule has 1 saturated carbocycles. The molecular weight excluding hydrogens is 256 g/mol. The van der Waals surface area contributed by atoms with E-state index in [9.17, 15) is 0 Å². The normalized spacial score (nSPS) is 18.7. The van der Waals surface area contributed by atoms with Crippen LogP contribution in [-0.2, 0) is 0 Å². The van der Waals surface area contributed by atoms with Crippen LogP contribution in [0.1, 0.15) is 43.7 Å². The van der Waals surface area contributed by atoms with Gasteiger partial charge in [-0.15, -0.1) is 0 Å². The quantitative estimate of drug-likeness (QED) is 0.888. The molecule has 1 aromatic carbocycles. The Morgan fingerprint density at radius 3 is 2.68 bits per heavy atom. The molecule has 2 rings (SSSR count). The van der Waals surface area contributed by atoms with E-state index in [1.165, 1.54) is 37.7 Å². The predicted molar refractivity (Wildman–Crippen MR) is 82.5 cm³/mol. The first-order valence-electron chi connectivity index (χ1n) is 7.36. The SMILES string of the molecule is CN(CC1CCCCC1)C(CN)c1cccc(Cl)c1. The summed E-state index contributed by atoms with van der Waals surface area (Å²) in [4.78, 5) is 2.40. The smallest absolute Gasteiger partial charge is 0.0468 e. The largest absolute Gasteiger partial charge is 0.329 e. The number of nitrogens with zero attached hydrogens (tertiary/aromatic N) is 1. The van der Waals surface area contributed by atoms with Crippen LogP contribution in [0.3, 0.4) is 0 Å². The van der Waals surface area contributed by atoms with E-state index in [-0.39, 0.29) is 6.04 Å². The van der Waals surface area contributed by atoms with E-state index in [0.717, 1.165) is 17.5 Å². The monoisotopic (exact) mass is 280 g/mol. The number of likely N-dealkylation sites (N-methyl/N-ethyl adjacent to an activating group) is 1. The third-order valence-corrected chi connectivity index (χ3v) is 4.49. The fourth-order valence-corrected chi connectivity index (χ4v) is 3.39. The summed E-state index contributed by atoms with van der Waals surface area (Å²) in [6.07, 6.45) is 6.94. The number of halogens is 1. The molecule has 0 bridgehead atoms. The molecule has 0 heterocycles. The third-order valence-electron chi connectivity index (χ3n) is 4.26. The average molecular weight is 281 g/mol. The highest BCUT2D eigenvalue weighted by atomic mass is 35.5. The van der Waals surface area contributed by atoms with Gasteiger partial charge in [-0.3, -0.25) is 4.90 Å². The van der Waals surface area contributed by atoms with Gasteiger partial charge in [-0.05, 0) is 43.5 Å². The fraction of sp³-hybridized carbons (Fsp3) is 0.625. The second-order valence-electron chi connectivity index (χ2n) is 5.75. The van der Waals surface area contributed by atoms with Gasteiger partial charge >= 0.3 is 0 Å². The molecule has 1 aliphatic carbocycles. The maximum absolute atomic E-state index is 6.08. The average Bonchev–Trinajstić information content (AvgIpc) is 2.41. The molecule has 0 radical (unpaired) electrons. The first-order valence-corrected chi connectivity index (χ1v) is 7.74. The molecule has 1 unspecified atom stereocenters. The molecule has 0 amide bonds. The van der Waals surface area contributed by atoms with Gasteiger partial charge in [0.05, 0.1) is 0 Å². The lowest BCUT2D eigenvalue weighted by molar-refractivity contribution is 0.186. The van der Waals surface area contributed by atoms with Crippen molar-refractivity contribution in [2.45, 2.75) is 38.1 Å². The van der Waals surface area contributed by atoms with E-state index in [2.05, 4.69) is 18.0 Å². The Kier molecular flexibility index (Phi) is 5.68. The van der Waals surface area contributed by atoms with E-state index < -0.39 is 0 Å². The summed E-state index contributed by atoms with van der Waals surface area (Å²) in [7, 11) is 2.19. The van der Waals surface area contributed by atoms with Crippen molar-refractivity contribution in [3.8, 4) is 0 Å². The van der Waals surface area contributed by atoms with Crippen LogP contribution in [0.2, 0.25) is 5.02 Å². The van der Waals surface area contributed by atoms with Crippen molar-refractivity contribution in [3.05, 3.63) is 34.9 Å². The number of nitrogens with two attached hydrogens (primary N) is 1. The fourth-order valence-electron chi connectivity index (χ4n) is 3.19. The van der Waals surface area contributed by atoms with Crippen LogP contribution in [-0.4, -0.2) is 25.0 Å². The van der Waals surface area contributed by atoms with Gasteiger partial charge in [-0.25, -0.2) is 0 Å². The second kappa shape index (κ2) is 7.28. The third kappa shape index (κ3) is 4.20. The van der Waals surface area contributed by atoms with Crippen molar-refractivity contribution in [3.63, 3.8) is 0 Å². The van der Waals surface area contributed by atoms with Crippen LogP contribution in [0, 0.1) is 5.92 Å². The van der Waals surface area contributed by atoms with Crippen molar-refractivity contribution in [1.82, 2.24) is 4.90 Å². The minimum atomic E-state index is 0.278. The Morgan fingerprint density at radius 2 is 2.05 bits per heavy atom. The van der Waals surface area contributed by atoms with Crippen LogP contribution in [0.5, 0.6) is 0 Å². The molecule has 1 aromatic rings. The summed E-state index contributed by atoms with van der Waals surface area (Å²) < 4.78 is 0. The molecule has 0 spiro atoms. The minimum Gasteiger partial charge on any atom is -0.329 e. The van der Waals surface area contributed by atoms with Gasteiger partial charge in [-0.1, -0.05) is 43.0 Å². The van der Waals surface area contributed by atoms with Crippen LogP contribution in [0.25, 0.3) is 0 Å². The zero-order valence-electron chi connectivity index (χ0n) is 11.8. The van der Waals surface area contributed by atoms with E-state index in [1.54, 1.807) is 0 Å². The van der Waals surface area contributed by atoms with E-state index >= 15 is 0 Å². The van der Waals surface area contributed by atoms with Crippen LogP contribution >= 0.6 is 11.6 Å². The Bertz CT molecular complexity index is 388. The van der Waals surface area contributed by atoms with Crippen molar-refractivity contribution in [1.29, 1.82) is 0 Å². The lowest BCUT2D eigenvalue weighted by atomic mass is 9.88. The summed E-state index contributed by atoms with van der Waals surface area (Å²) in [6.45, 7) is 1.79. The Hall–Kier alpha value is -0.570. The first-order chi connectivity index (χ1) is 9.20. The van der Waals surface area contributed by atoms with Crippen molar-refractivity contribution in [2.75, 3.05) is 20.1 Å². The summed E-state index contributed by atoms with van der Waals surface area (Å²) in [5, 5.41) is 0.794. The molecule has 19 heavy (non-hydrogen) atoms. The van der Waals surface area contributed by atoms with E-state index in [1.807, 2.05) is 18.2 Å². The van der Waals surface area contributed by atoms with Gasteiger partial charge in [0.1, 0.15) is 0 Å². The zero-order chi connectivity index (χ0) is 13.7. The topological polar surface area (TPSA) is 29.3 Å². The van der Waals surface area contributed by atoms with Crippen LogP contribution in [0.4, 0.5) is 0 Å². The lowest BCUT2D eigenvalue weighted by Gasteiger charge is -2.32. The molecule has 106 valence electrons. The molecule has 1 aliphatic rings. The molecule has 2 N–H and O–H groups in total. The molecule has 2 nitrogen and oxygen atoms in total. The standard InChI is InChI=1S/C16H25ClN2/c1-19(12-13-6-3-2-4-7-13)16(11-18)14-8-5-9-15(17)10-14/h5,8-10,13,16H,2-4,6-7,11-12,18H2,1H3.